The van der Waals surface area contributed by atoms with E-state index in [1.807, 2.05) is 0 Å². The number of rotatable bonds is 2. The molecule has 1 aromatic heterocycles. The van der Waals surface area contributed by atoms with Crippen molar-refractivity contribution in [3.8, 4) is 11.4 Å². The highest BCUT2D eigenvalue weighted by Crippen LogP contribution is 2.23. The first-order chi connectivity index (χ1) is 8.87. The highest BCUT2D eigenvalue weighted by Gasteiger charge is 2.30. The summed E-state index contributed by atoms with van der Waals surface area (Å²) in [6.45, 7) is 0. The third-order valence-corrected chi connectivity index (χ3v) is 2.41. The molecule has 4 nitrogen and oxygen atoms in total. The van der Waals surface area contributed by atoms with E-state index in [1.165, 1.54) is 24.5 Å². The molecule has 2 rings (SSSR count). The molecule has 0 bridgehead atoms. The van der Waals surface area contributed by atoms with Crippen LogP contribution < -0.4 is 10.3 Å². The molecule has 0 fully saturated rings. The molecule has 0 aliphatic carbocycles. The van der Waals surface area contributed by atoms with Crippen LogP contribution in [0.15, 0.2) is 41.5 Å². The van der Waals surface area contributed by atoms with Crippen LogP contribution in [0.1, 0.15) is 0 Å². The van der Waals surface area contributed by atoms with Crippen LogP contribution in [-0.2, 0) is 0 Å². The molecule has 2 aromatic rings. The Morgan fingerprint density at radius 3 is 2.42 bits per heavy atom. The molecule has 0 aliphatic heterocycles. The van der Waals surface area contributed by atoms with E-state index in [0.29, 0.717) is 5.69 Å². The number of hydrogen-bond donors (Lipinski definition) is 0. The lowest BCUT2D eigenvalue weighted by Crippen LogP contribution is -2.19. The van der Waals surface area contributed by atoms with Gasteiger partial charge in [-0.15, -0.1) is 13.2 Å². The predicted octanol–water partition coefficient (Wildman–Crippen LogP) is 2.78. The standard InChI is InChI=1S/C11H6ClF3N2O2/c12-9-10(18)17(6-5-16-9)7-1-3-8(4-2-7)19-11(13,14)15/h1-6H. The lowest BCUT2D eigenvalue weighted by Gasteiger charge is -2.10. The van der Waals surface area contributed by atoms with Crippen molar-refractivity contribution in [1.29, 1.82) is 0 Å². The minimum absolute atomic E-state index is 0.224. The van der Waals surface area contributed by atoms with Crippen molar-refractivity contribution in [2.24, 2.45) is 0 Å². The first-order valence-electron chi connectivity index (χ1n) is 4.96. The molecule has 0 aliphatic rings. The summed E-state index contributed by atoms with van der Waals surface area (Å²) in [5.41, 5.74) is -0.211. The fourth-order valence-electron chi connectivity index (χ4n) is 1.40. The summed E-state index contributed by atoms with van der Waals surface area (Å²) in [5.74, 6) is -0.371. The van der Waals surface area contributed by atoms with Crippen LogP contribution in [0.5, 0.6) is 5.75 Å². The van der Waals surface area contributed by atoms with Gasteiger partial charge in [-0.25, -0.2) is 4.98 Å². The van der Waals surface area contributed by atoms with Crippen LogP contribution in [0.25, 0.3) is 5.69 Å². The Balaban J connectivity index is 2.33. The molecule has 100 valence electrons. The molecule has 0 saturated heterocycles. The second-order valence-corrected chi connectivity index (χ2v) is 3.79. The molecule has 0 N–H and O–H groups in total. The number of nitrogens with zero attached hydrogens (tertiary/aromatic N) is 2. The van der Waals surface area contributed by atoms with Gasteiger partial charge in [0.15, 0.2) is 5.15 Å². The fourth-order valence-corrected chi connectivity index (χ4v) is 1.55. The molecule has 0 atom stereocenters. The van der Waals surface area contributed by atoms with Crippen LogP contribution in [0.2, 0.25) is 5.15 Å². The molecule has 1 aromatic carbocycles. The average molecular weight is 291 g/mol. The lowest BCUT2D eigenvalue weighted by atomic mass is 10.3. The summed E-state index contributed by atoms with van der Waals surface area (Å²) < 4.78 is 40.8. The van der Waals surface area contributed by atoms with Gasteiger partial charge < -0.3 is 4.74 Å². The molecular formula is C11H6ClF3N2O2. The molecule has 0 spiro atoms. The van der Waals surface area contributed by atoms with Crippen LogP contribution in [0.4, 0.5) is 13.2 Å². The van der Waals surface area contributed by atoms with Gasteiger partial charge in [-0.05, 0) is 24.3 Å². The second-order valence-electron chi connectivity index (χ2n) is 3.43. The minimum Gasteiger partial charge on any atom is -0.406 e. The van der Waals surface area contributed by atoms with Gasteiger partial charge in [-0.3, -0.25) is 9.36 Å². The van der Waals surface area contributed by atoms with E-state index in [2.05, 4.69) is 9.72 Å². The molecule has 0 radical (unpaired) electrons. The first kappa shape index (κ1) is 13.4. The third kappa shape index (κ3) is 3.25. The third-order valence-electron chi connectivity index (χ3n) is 2.15. The van der Waals surface area contributed by atoms with Gasteiger partial charge >= 0.3 is 6.36 Å². The number of ether oxygens (including phenoxy) is 1. The van der Waals surface area contributed by atoms with E-state index in [9.17, 15) is 18.0 Å². The number of halogens is 4. The summed E-state index contributed by atoms with van der Waals surface area (Å²) >= 11 is 5.56. The molecule has 0 saturated carbocycles. The van der Waals surface area contributed by atoms with Crippen LogP contribution in [0.3, 0.4) is 0 Å². The van der Waals surface area contributed by atoms with Crippen LogP contribution in [-0.4, -0.2) is 15.9 Å². The highest BCUT2D eigenvalue weighted by molar-refractivity contribution is 6.29. The van der Waals surface area contributed by atoms with Gasteiger partial charge in [-0.2, -0.15) is 0 Å². The maximum Gasteiger partial charge on any atom is 0.573 e. The van der Waals surface area contributed by atoms with Gasteiger partial charge in [0.25, 0.3) is 5.56 Å². The Kier molecular flexibility index (Phi) is 3.48. The highest BCUT2D eigenvalue weighted by atomic mass is 35.5. The van der Waals surface area contributed by atoms with Crippen molar-refractivity contribution in [3.05, 3.63) is 52.2 Å². The maximum absolute atomic E-state index is 12.0. The molecule has 19 heavy (non-hydrogen) atoms. The molecule has 8 heteroatoms. The van der Waals surface area contributed by atoms with Crippen molar-refractivity contribution in [2.75, 3.05) is 0 Å². The second kappa shape index (κ2) is 4.93. The van der Waals surface area contributed by atoms with Crippen molar-refractivity contribution in [2.45, 2.75) is 6.36 Å². The Labute approximate surface area is 110 Å². The van der Waals surface area contributed by atoms with E-state index >= 15 is 0 Å². The summed E-state index contributed by atoms with van der Waals surface area (Å²) in [4.78, 5) is 15.2. The predicted molar refractivity (Wildman–Crippen MR) is 61.5 cm³/mol. The van der Waals surface area contributed by atoms with Crippen molar-refractivity contribution in [1.82, 2.24) is 9.55 Å². The Morgan fingerprint density at radius 2 is 1.84 bits per heavy atom. The molecule has 0 unspecified atom stereocenters. The Hall–Kier alpha value is -2.02. The van der Waals surface area contributed by atoms with E-state index in [0.717, 1.165) is 16.7 Å². The lowest BCUT2D eigenvalue weighted by molar-refractivity contribution is -0.274. The van der Waals surface area contributed by atoms with Crippen molar-refractivity contribution in [3.63, 3.8) is 0 Å². The van der Waals surface area contributed by atoms with Gasteiger partial charge in [0.1, 0.15) is 5.75 Å². The number of aromatic nitrogens is 2. The number of hydrogen-bond acceptors (Lipinski definition) is 3. The average Bonchev–Trinajstić information content (AvgIpc) is 2.32. The first-order valence-corrected chi connectivity index (χ1v) is 5.34. The summed E-state index contributed by atoms with van der Waals surface area (Å²) in [5, 5.41) is -0.224. The van der Waals surface area contributed by atoms with Crippen molar-refractivity contribution >= 4 is 11.6 Å². The molecule has 1 heterocycles. The topological polar surface area (TPSA) is 44.1 Å². The van der Waals surface area contributed by atoms with E-state index in [4.69, 9.17) is 11.6 Å². The largest absolute Gasteiger partial charge is 0.573 e. The molecular weight excluding hydrogens is 285 g/mol. The van der Waals surface area contributed by atoms with Crippen LogP contribution >= 0.6 is 11.6 Å². The SMILES string of the molecule is O=c1c(Cl)nccn1-c1ccc(OC(F)(F)F)cc1. The van der Waals surface area contributed by atoms with E-state index in [-0.39, 0.29) is 10.9 Å². The van der Waals surface area contributed by atoms with Gasteiger partial charge in [0, 0.05) is 18.1 Å². The number of benzene rings is 1. The number of alkyl halides is 3. The quantitative estimate of drug-likeness (QED) is 0.854. The smallest absolute Gasteiger partial charge is 0.406 e. The van der Waals surface area contributed by atoms with Crippen molar-refractivity contribution < 1.29 is 17.9 Å². The Bertz CT molecular complexity index is 638. The zero-order chi connectivity index (χ0) is 14.0. The monoisotopic (exact) mass is 290 g/mol. The van der Waals surface area contributed by atoms with E-state index < -0.39 is 11.9 Å². The summed E-state index contributed by atoms with van der Waals surface area (Å²) in [7, 11) is 0. The molecule has 0 amide bonds. The fraction of sp³-hybridized carbons (Fsp3) is 0.0909. The van der Waals surface area contributed by atoms with E-state index in [1.54, 1.807) is 0 Å². The van der Waals surface area contributed by atoms with Crippen LogP contribution in [0, 0.1) is 0 Å². The minimum atomic E-state index is -4.75. The summed E-state index contributed by atoms with van der Waals surface area (Å²) in [6.07, 6.45) is -2.09. The zero-order valence-corrected chi connectivity index (χ0v) is 9.94. The van der Waals surface area contributed by atoms with Gasteiger partial charge in [0.05, 0.1) is 0 Å². The maximum atomic E-state index is 12.0. The zero-order valence-electron chi connectivity index (χ0n) is 9.19. The Morgan fingerprint density at radius 1 is 1.21 bits per heavy atom. The van der Waals surface area contributed by atoms with Gasteiger partial charge in [0.2, 0.25) is 0 Å². The van der Waals surface area contributed by atoms with Gasteiger partial charge in [-0.1, -0.05) is 11.6 Å². The normalized spacial score (nSPS) is 11.4. The summed E-state index contributed by atoms with van der Waals surface area (Å²) in [6, 6.07) is 4.81.